The number of thiophene rings is 1. The number of carbonyl (C=O) groups excluding carboxylic acids is 2. The van der Waals surface area contributed by atoms with Crippen LogP contribution in [0.1, 0.15) is 29.5 Å². The maximum Gasteiger partial charge on any atom is 0.315 e. The number of rotatable bonds is 7. The van der Waals surface area contributed by atoms with E-state index >= 15 is 0 Å². The molecule has 1 rings (SSSR count). The monoisotopic (exact) mass is 269 g/mol. The van der Waals surface area contributed by atoms with Crippen molar-refractivity contribution in [3.63, 3.8) is 0 Å². The van der Waals surface area contributed by atoms with Crippen molar-refractivity contribution in [2.45, 2.75) is 32.7 Å². The number of amides is 3. The molecule has 0 aliphatic rings. The molecule has 4 N–H and O–H groups in total. The first-order valence-electron chi connectivity index (χ1n) is 5.99. The second-order valence-corrected chi connectivity index (χ2v) is 5.15. The molecule has 0 saturated carbocycles. The van der Waals surface area contributed by atoms with Gasteiger partial charge in [-0.1, -0.05) is 6.92 Å². The average molecular weight is 269 g/mol. The van der Waals surface area contributed by atoms with Crippen molar-refractivity contribution in [1.82, 2.24) is 10.6 Å². The smallest absolute Gasteiger partial charge is 0.315 e. The number of hydrogen-bond donors (Lipinski definition) is 3. The molecule has 5 nitrogen and oxygen atoms in total. The first kappa shape index (κ1) is 14.5. The largest absolute Gasteiger partial charge is 0.370 e. The van der Waals surface area contributed by atoms with Crippen LogP contribution in [0.25, 0.3) is 0 Å². The number of urea groups is 1. The molecule has 1 aromatic heterocycles. The van der Waals surface area contributed by atoms with Crippen LogP contribution in [0.3, 0.4) is 0 Å². The molecule has 0 spiro atoms. The zero-order valence-corrected chi connectivity index (χ0v) is 11.3. The first-order valence-corrected chi connectivity index (χ1v) is 6.81. The summed E-state index contributed by atoms with van der Waals surface area (Å²) in [5, 5.41) is 5.44. The molecule has 0 radical (unpaired) electrons. The van der Waals surface area contributed by atoms with Crippen molar-refractivity contribution in [2.24, 2.45) is 5.73 Å². The molecule has 0 aliphatic carbocycles. The van der Waals surface area contributed by atoms with Gasteiger partial charge >= 0.3 is 6.03 Å². The highest BCUT2D eigenvalue weighted by atomic mass is 32.1. The maximum atomic E-state index is 11.4. The molecule has 3 amide bonds. The number of nitrogens with one attached hydrogen (secondary N) is 2. The van der Waals surface area contributed by atoms with Gasteiger partial charge in [-0.25, -0.2) is 4.79 Å². The molecule has 0 aliphatic heterocycles. The molecule has 0 unspecified atom stereocenters. The molecule has 100 valence electrons. The summed E-state index contributed by atoms with van der Waals surface area (Å²) in [6.45, 7) is 3.10. The fourth-order valence-electron chi connectivity index (χ4n) is 1.40. The van der Waals surface area contributed by atoms with Gasteiger partial charge in [-0.05, 0) is 25.0 Å². The Balaban J connectivity index is 2.14. The number of hydrogen-bond acceptors (Lipinski definition) is 3. The van der Waals surface area contributed by atoms with Crippen molar-refractivity contribution < 1.29 is 9.59 Å². The highest BCUT2D eigenvalue weighted by Gasteiger charge is 2.02. The third kappa shape index (κ3) is 5.67. The number of nitrogens with two attached hydrogens (primary N) is 1. The zero-order chi connectivity index (χ0) is 13.4. The van der Waals surface area contributed by atoms with E-state index in [-0.39, 0.29) is 11.9 Å². The number of carbonyl (C=O) groups is 2. The van der Waals surface area contributed by atoms with E-state index in [0.717, 1.165) is 11.3 Å². The summed E-state index contributed by atoms with van der Waals surface area (Å²) in [6.07, 6.45) is 1.89. The second-order valence-electron chi connectivity index (χ2n) is 3.90. The van der Waals surface area contributed by atoms with Gasteiger partial charge in [0.05, 0.1) is 6.54 Å². The number of aryl methyl sites for hydroxylation is 1. The molecule has 0 saturated heterocycles. The van der Waals surface area contributed by atoms with E-state index in [2.05, 4.69) is 23.6 Å². The van der Waals surface area contributed by atoms with Gasteiger partial charge in [0.25, 0.3) is 0 Å². The lowest BCUT2D eigenvalue weighted by molar-refractivity contribution is -0.118. The fraction of sp³-hybridized carbons (Fsp3) is 0.500. The SMILES string of the molecule is CCc1ccc(CNC(=O)NCCCC(N)=O)s1. The summed E-state index contributed by atoms with van der Waals surface area (Å²) < 4.78 is 0. The van der Waals surface area contributed by atoms with E-state index in [1.54, 1.807) is 11.3 Å². The fourth-order valence-corrected chi connectivity index (χ4v) is 2.30. The Bertz CT molecular complexity index is 404. The molecule has 1 aromatic rings. The predicted molar refractivity (Wildman–Crippen MR) is 72.4 cm³/mol. The highest BCUT2D eigenvalue weighted by Crippen LogP contribution is 2.16. The summed E-state index contributed by atoms with van der Waals surface area (Å²) in [6, 6.07) is 3.88. The van der Waals surface area contributed by atoms with E-state index < -0.39 is 0 Å². The van der Waals surface area contributed by atoms with Crippen LogP contribution in [-0.4, -0.2) is 18.5 Å². The van der Waals surface area contributed by atoms with Gasteiger partial charge in [0, 0.05) is 22.7 Å². The van der Waals surface area contributed by atoms with E-state index in [1.165, 1.54) is 4.88 Å². The Kier molecular flexibility index (Phi) is 6.21. The van der Waals surface area contributed by atoms with Gasteiger partial charge in [-0.3, -0.25) is 4.79 Å². The Labute approximate surface area is 111 Å². The van der Waals surface area contributed by atoms with Gasteiger partial charge < -0.3 is 16.4 Å². The Hall–Kier alpha value is -1.56. The van der Waals surface area contributed by atoms with E-state index in [9.17, 15) is 9.59 Å². The Morgan fingerprint density at radius 3 is 2.61 bits per heavy atom. The van der Waals surface area contributed by atoms with E-state index in [0.29, 0.717) is 25.9 Å². The molecule has 0 atom stereocenters. The third-order valence-corrected chi connectivity index (χ3v) is 3.60. The average Bonchev–Trinajstić information content (AvgIpc) is 2.80. The molecular weight excluding hydrogens is 250 g/mol. The van der Waals surface area contributed by atoms with Gasteiger partial charge in [-0.2, -0.15) is 0 Å². The van der Waals surface area contributed by atoms with Crippen molar-refractivity contribution in [3.8, 4) is 0 Å². The van der Waals surface area contributed by atoms with E-state index in [1.807, 2.05) is 6.07 Å². The Morgan fingerprint density at radius 1 is 1.28 bits per heavy atom. The van der Waals surface area contributed by atoms with Crippen molar-refractivity contribution in [2.75, 3.05) is 6.54 Å². The summed E-state index contributed by atoms with van der Waals surface area (Å²) in [5.74, 6) is -0.345. The van der Waals surface area contributed by atoms with Gasteiger partial charge in [0.2, 0.25) is 5.91 Å². The van der Waals surface area contributed by atoms with Crippen LogP contribution < -0.4 is 16.4 Å². The molecule has 0 aromatic carbocycles. The third-order valence-electron chi connectivity index (χ3n) is 2.37. The topological polar surface area (TPSA) is 84.2 Å². The molecule has 0 fully saturated rings. The zero-order valence-electron chi connectivity index (χ0n) is 10.5. The lowest BCUT2D eigenvalue weighted by Crippen LogP contribution is -2.35. The van der Waals surface area contributed by atoms with Crippen LogP contribution in [0.5, 0.6) is 0 Å². The molecule has 0 bridgehead atoms. The van der Waals surface area contributed by atoms with Gasteiger partial charge in [-0.15, -0.1) is 11.3 Å². The van der Waals surface area contributed by atoms with Crippen molar-refractivity contribution >= 4 is 23.3 Å². The minimum atomic E-state index is -0.345. The van der Waals surface area contributed by atoms with Crippen LogP contribution in [0, 0.1) is 0 Å². The van der Waals surface area contributed by atoms with Crippen molar-refractivity contribution in [1.29, 1.82) is 0 Å². The maximum absolute atomic E-state index is 11.4. The van der Waals surface area contributed by atoms with E-state index in [4.69, 9.17) is 5.73 Å². The normalized spacial score (nSPS) is 10.1. The quantitative estimate of drug-likeness (QED) is 0.653. The molecule has 18 heavy (non-hydrogen) atoms. The van der Waals surface area contributed by atoms with Crippen LogP contribution in [0.15, 0.2) is 12.1 Å². The van der Waals surface area contributed by atoms with Gasteiger partial charge in [0.15, 0.2) is 0 Å². The predicted octanol–water partition coefficient (Wildman–Crippen LogP) is 1.38. The number of primary amides is 1. The van der Waals surface area contributed by atoms with Crippen molar-refractivity contribution in [3.05, 3.63) is 21.9 Å². The lowest BCUT2D eigenvalue weighted by atomic mass is 10.3. The minimum absolute atomic E-state index is 0.217. The Morgan fingerprint density at radius 2 is 2.00 bits per heavy atom. The first-order chi connectivity index (χ1) is 8.61. The standard InChI is InChI=1S/C12H19N3O2S/c1-2-9-5-6-10(18-9)8-15-12(17)14-7-3-4-11(13)16/h5-6H,2-4,7-8H2,1H3,(H2,13,16)(H2,14,15,17). The summed E-state index contributed by atoms with van der Waals surface area (Å²) in [7, 11) is 0. The van der Waals surface area contributed by atoms with Crippen LogP contribution in [0.2, 0.25) is 0 Å². The summed E-state index contributed by atoms with van der Waals surface area (Å²) in [4.78, 5) is 24.3. The summed E-state index contributed by atoms with van der Waals surface area (Å²) >= 11 is 1.70. The molecule has 1 heterocycles. The minimum Gasteiger partial charge on any atom is -0.370 e. The summed E-state index contributed by atoms with van der Waals surface area (Å²) in [5.41, 5.74) is 4.99. The second kappa shape index (κ2) is 7.71. The van der Waals surface area contributed by atoms with Crippen LogP contribution in [0.4, 0.5) is 4.79 Å². The highest BCUT2D eigenvalue weighted by molar-refractivity contribution is 7.11. The van der Waals surface area contributed by atoms with Crippen LogP contribution in [-0.2, 0) is 17.8 Å². The lowest BCUT2D eigenvalue weighted by Gasteiger charge is -2.05. The van der Waals surface area contributed by atoms with Crippen LogP contribution >= 0.6 is 11.3 Å². The van der Waals surface area contributed by atoms with Gasteiger partial charge in [0.1, 0.15) is 0 Å². The molecular formula is C12H19N3O2S. The molecule has 6 heteroatoms.